The van der Waals surface area contributed by atoms with Crippen molar-refractivity contribution in [1.29, 1.82) is 0 Å². The molecular formula is C17H16ClN5O. The second kappa shape index (κ2) is 7.14. The molecule has 0 saturated carbocycles. The first-order valence-electron chi connectivity index (χ1n) is 7.39. The standard InChI is InChI=1S/C17H16ClN5O/c18-14-4-2-1-3-12(14)9-15-21-16(23-22-15)10-20-17(24)11-5-7-13(19)8-6-11/h1-8H,9-10,19H2,(H,20,24)(H,21,22,23). The maximum Gasteiger partial charge on any atom is 0.251 e. The van der Waals surface area contributed by atoms with Crippen molar-refractivity contribution in [3.05, 3.63) is 76.3 Å². The Labute approximate surface area is 144 Å². The average molecular weight is 342 g/mol. The Hall–Kier alpha value is -2.86. The first kappa shape index (κ1) is 16.0. The number of anilines is 1. The summed E-state index contributed by atoms with van der Waals surface area (Å²) < 4.78 is 0. The minimum absolute atomic E-state index is 0.195. The molecule has 6 nitrogen and oxygen atoms in total. The fraction of sp³-hybridized carbons (Fsp3) is 0.118. The lowest BCUT2D eigenvalue weighted by atomic mass is 10.1. The maximum absolute atomic E-state index is 12.0. The number of halogens is 1. The molecule has 0 saturated heterocycles. The second-order valence-electron chi connectivity index (χ2n) is 5.27. The number of nitrogen functional groups attached to an aromatic ring is 1. The molecule has 0 fully saturated rings. The molecule has 0 unspecified atom stereocenters. The van der Waals surface area contributed by atoms with Gasteiger partial charge in [0.15, 0.2) is 5.82 Å². The van der Waals surface area contributed by atoms with E-state index in [-0.39, 0.29) is 12.5 Å². The van der Waals surface area contributed by atoms with Gasteiger partial charge in [-0.2, -0.15) is 5.10 Å². The fourth-order valence-electron chi connectivity index (χ4n) is 2.21. The minimum Gasteiger partial charge on any atom is -0.399 e. The molecule has 2 aromatic carbocycles. The Morgan fingerprint density at radius 3 is 2.67 bits per heavy atom. The quantitative estimate of drug-likeness (QED) is 0.621. The van der Waals surface area contributed by atoms with Crippen LogP contribution < -0.4 is 11.1 Å². The highest BCUT2D eigenvalue weighted by Gasteiger charge is 2.09. The largest absolute Gasteiger partial charge is 0.399 e. The number of H-pyrrole nitrogens is 1. The van der Waals surface area contributed by atoms with Gasteiger partial charge in [-0.15, -0.1) is 0 Å². The van der Waals surface area contributed by atoms with Gasteiger partial charge in [0.25, 0.3) is 5.91 Å². The second-order valence-corrected chi connectivity index (χ2v) is 5.68. The third-order valence-electron chi connectivity index (χ3n) is 3.47. The van der Waals surface area contributed by atoms with Crippen molar-refractivity contribution in [2.45, 2.75) is 13.0 Å². The summed E-state index contributed by atoms with van der Waals surface area (Å²) in [7, 11) is 0. The minimum atomic E-state index is -0.195. The van der Waals surface area contributed by atoms with E-state index in [9.17, 15) is 4.79 Å². The van der Waals surface area contributed by atoms with Crippen molar-refractivity contribution >= 4 is 23.2 Å². The lowest BCUT2D eigenvalue weighted by Crippen LogP contribution is -2.23. The van der Waals surface area contributed by atoms with Crippen LogP contribution >= 0.6 is 11.6 Å². The Bertz CT molecular complexity index is 844. The number of nitrogens with zero attached hydrogens (tertiary/aromatic N) is 2. The Morgan fingerprint density at radius 1 is 1.17 bits per heavy atom. The van der Waals surface area contributed by atoms with Crippen LogP contribution in [0.15, 0.2) is 48.5 Å². The van der Waals surface area contributed by atoms with Crippen LogP contribution in [0.1, 0.15) is 27.6 Å². The number of hydrogen-bond donors (Lipinski definition) is 3. The summed E-state index contributed by atoms with van der Waals surface area (Å²) in [5.74, 6) is 1.01. The molecule has 122 valence electrons. The number of amides is 1. The Kier molecular flexibility index (Phi) is 4.77. The van der Waals surface area contributed by atoms with E-state index >= 15 is 0 Å². The first-order valence-corrected chi connectivity index (χ1v) is 7.77. The number of carbonyl (C=O) groups is 1. The van der Waals surface area contributed by atoms with Gasteiger partial charge in [-0.05, 0) is 35.9 Å². The molecule has 0 aliphatic carbocycles. The summed E-state index contributed by atoms with van der Waals surface area (Å²) in [5, 5.41) is 10.4. The average Bonchev–Trinajstić information content (AvgIpc) is 3.03. The summed E-state index contributed by atoms with van der Waals surface area (Å²) in [4.78, 5) is 16.4. The van der Waals surface area contributed by atoms with E-state index in [1.54, 1.807) is 24.3 Å². The molecule has 3 rings (SSSR count). The van der Waals surface area contributed by atoms with Gasteiger partial charge in [-0.1, -0.05) is 29.8 Å². The molecule has 0 radical (unpaired) electrons. The summed E-state index contributed by atoms with van der Waals surface area (Å²) in [5.41, 5.74) is 7.72. The van der Waals surface area contributed by atoms with Crippen LogP contribution in [0.2, 0.25) is 5.02 Å². The molecule has 1 aromatic heterocycles. The van der Waals surface area contributed by atoms with Crippen molar-refractivity contribution in [3.8, 4) is 0 Å². The van der Waals surface area contributed by atoms with Gasteiger partial charge in [0.1, 0.15) is 5.82 Å². The van der Waals surface area contributed by atoms with E-state index in [0.29, 0.717) is 34.3 Å². The zero-order chi connectivity index (χ0) is 16.9. The van der Waals surface area contributed by atoms with Gasteiger partial charge >= 0.3 is 0 Å². The summed E-state index contributed by atoms with van der Waals surface area (Å²) in [6.45, 7) is 0.263. The van der Waals surface area contributed by atoms with Gasteiger partial charge in [0.05, 0.1) is 6.54 Å². The molecule has 0 bridgehead atoms. The van der Waals surface area contributed by atoms with Gasteiger partial charge in [-0.3, -0.25) is 9.89 Å². The summed E-state index contributed by atoms with van der Waals surface area (Å²) in [6.07, 6.45) is 0.530. The number of aromatic nitrogens is 3. The SMILES string of the molecule is Nc1ccc(C(=O)NCc2nc(Cc3ccccc3Cl)n[nH]2)cc1. The maximum atomic E-state index is 12.0. The van der Waals surface area contributed by atoms with Crippen LogP contribution in [-0.2, 0) is 13.0 Å². The number of aromatic amines is 1. The Balaban J connectivity index is 1.59. The van der Waals surface area contributed by atoms with Crippen molar-refractivity contribution in [1.82, 2.24) is 20.5 Å². The number of hydrogen-bond acceptors (Lipinski definition) is 4. The van der Waals surface area contributed by atoms with E-state index in [0.717, 1.165) is 5.56 Å². The normalized spacial score (nSPS) is 10.5. The van der Waals surface area contributed by atoms with Crippen LogP contribution in [0, 0.1) is 0 Å². The van der Waals surface area contributed by atoms with E-state index in [2.05, 4.69) is 20.5 Å². The molecule has 24 heavy (non-hydrogen) atoms. The molecule has 7 heteroatoms. The molecular weight excluding hydrogens is 326 g/mol. The van der Waals surface area contributed by atoms with Gasteiger partial charge < -0.3 is 11.1 Å². The highest BCUT2D eigenvalue weighted by Crippen LogP contribution is 2.17. The van der Waals surface area contributed by atoms with Crippen LogP contribution in [0.4, 0.5) is 5.69 Å². The molecule has 0 atom stereocenters. The zero-order valence-electron chi connectivity index (χ0n) is 12.8. The van der Waals surface area contributed by atoms with Crippen LogP contribution in [0.25, 0.3) is 0 Å². The van der Waals surface area contributed by atoms with Crippen molar-refractivity contribution in [3.63, 3.8) is 0 Å². The highest BCUT2D eigenvalue weighted by molar-refractivity contribution is 6.31. The lowest BCUT2D eigenvalue weighted by molar-refractivity contribution is 0.0950. The highest BCUT2D eigenvalue weighted by atomic mass is 35.5. The monoisotopic (exact) mass is 341 g/mol. The van der Waals surface area contributed by atoms with E-state index < -0.39 is 0 Å². The molecule has 3 aromatic rings. The summed E-state index contributed by atoms with van der Waals surface area (Å²) >= 11 is 6.13. The Morgan fingerprint density at radius 2 is 1.92 bits per heavy atom. The predicted octanol–water partition coefficient (Wildman–Crippen LogP) is 2.56. The number of nitrogens with one attached hydrogen (secondary N) is 2. The van der Waals surface area contributed by atoms with Crippen molar-refractivity contribution in [2.24, 2.45) is 0 Å². The number of benzene rings is 2. The third-order valence-corrected chi connectivity index (χ3v) is 3.84. The van der Waals surface area contributed by atoms with Crippen molar-refractivity contribution < 1.29 is 4.79 Å². The van der Waals surface area contributed by atoms with Gasteiger partial charge in [0.2, 0.25) is 0 Å². The number of carbonyl (C=O) groups excluding carboxylic acids is 1. The fourth-order valence-corrected chi connectivity index (χ4v) is 2.41. The van der Waals surface area contributed by atoms with Gasteiger partial charge in [-0.25, -0.2) is 4.98 Å². The zero-order valence-corrected chi connectivity index (χ0v) is 13.5. The third kappa shape index (κ3) is 3.91. The van der Waals surface area contributed by atoms with E-state index in [1.807, 2.05) is 24.3 Å². The number of nitrogens with two attached hydrogens (primary N) is 1. The molecule has 0 aliphatic heterocycles. The summed E-state index contributed by atoms with van der Waals surface area (Å²) in [6, 6.07) is 14.3. The molecule has 1 heterocycles. The molecule has 1 amide bonds. The smallest absolute Gasteiger partial charge is 0.251 e. The molecule has 0 aliphatic rings. The number of rotatable bonds is 5. The van der Waals surface area contributed by atoms with Crippen LogP contribution in [0.5, 0.6) is 0 Å². The van der Waals surface area contributed by atoms with Crippen molar-refractivity contribution in [2.75, 3.05) is 5.73 Å². The lowest BCUT2D eigenvalue weighted by Gasteiger charge is -2.03. The van der Waals surface area contributed by atoms with Crippen LogP contribution in [0.3, 0.4) is 0 Å². The van der Waals surface area contributed by atoms with E-state index in [4.69, 9.17) is 17.3 Å². The van der Waals surface area contributed by atoms with Gasteiger partial charge in [0, 0.05) is 22.7 Å². The topological polar surface area (TPSA) is 96.7 Å². The van der Waals surface area contributed by atoms with Crippen LogP contribution in [-0.4, -0.2) is 21.1 Å². The predicted molar refractivity (Wildman–Crippen MR) is 92.7 cm³/mol. The first-order chi connectivity index (χ1) is 11.6. The molecule has 0 spiro atoms. The van der Waals surface area contributed by atoms with E-state index in [1.165, 1.54) is 0 Å². The molecule has 4 N–H and O–H groups in total.